The summed E-state index contributed by atoms with van der Waals surface area (Å²) in [5, 5.41) is 4.38. The van der Waals surface area contributed by atoms with Gasteiger partial charge in [0.05, 0.1) is 5.69 Å². The van der Waals surface area contributed by atoms with E-state index < -0.39 is 0 Å². The molecule has 0 aliphatic rings. The van der Waals surface area contributed by atoms with Gasteiger partial charge in [0, 0.05) is 18.8 Å². The van der Waals surface area contributed by atoms with Crippen LogP contribution in [0, 0.1) is 19.7 Å². The van der Waals surface area contributed by atoms with Crippen LogP contribution in [0.3, 0.4) is 0 Å². The molecule has 4 heteroatoms. The van der Waals surface area contributed by atoms with Gasteiger partial charge in [-0.15, -0.1) is 0 Å². The molecule has 102 valence electrons. The van der Waals surface area contributed by atoms with E-state index in [9.17, 15) is 4.39 Å². The first-order valence-corrected chi connectivity index (χ1v) is 6.47. The standard InChI is InChI=1S/C15H20FN3/c1-10-14(11(2)19(3)18-10)9-13(17)8-12-6-4-5-7-15(12)16/h4-7,13H,8-9,17H2,1-3H3. The number of aryl methyl sites for hydroxylation is 2. The maximum Gasteiger partial charge on any atom is 0.126 e. The van der Waals surface area contributed by atoms with Gasteiger partial charge in [0.2, 0.25) is 0 Å². The molecule has 0 spiro atoms. The Bertz CT molecular complexity index is 575. The summed E-state index contributed by atoms with van der Waals surface area (Å²) in [5.41, 5.74) is 10.1. The molecule has 1 aromatic carbocycles. The summed E-state index contributed by atoms with van der Waals surface area (Å²) in [4.78, 5) is 0. The number of hydrogen-bond donors (Lipinski definition) is 1. The van der Waals surface area contributed by atoms with Crippen molar-refractivity contribution in [2.75, 3.05) is 0 Å². The lowest BCUT2D eigenvalue weighted by atomic mass is 9.98. The Kier molecular flexibility index (Phi) is 4.00. The van der Waals surface area contributed by atoms with Crippen LogP contribution >= 0.6 is 0 Å². The Morgan fingerprint density at radius 1 is 1.26 bits per heavy atom. The van der Waals surface area contributed by atoms with E-state index in [1.54, 1.807) is 12.1 Å². The van der Waals surface area contributed by atoms with Crippen molar-refractivity contribution in [2.24, 2.45) is 12.8 Å². The van der Waals surface area contributed by atoms with E-state index in [4.69, 9.17) is 5.73 Å². The highest BCUT2D eigenvalue weighted by molar-refractivity contribution is 5.26. The van der Waals surface area contributed by atoms with Gasteiger partial charge in [0.25, 0.3) is 0 Å². The molecule has 19 heavy (non-hydrogen) atoms. The first-order valence-electron chi connectivity index (χ1n) is 6.47. The quantitative estimate of drug-likeness (QED) is 0.917. The van der Waals surface area contributed by atoms with Gasteiger partial charge >= 0.3 is 0 Å². The van der Waals surface area contributed by atoms with Gasteiger partial charge in [0.15, 0.2) is 0 Å². The second-order valence-electron chi connectivity index (χ2n) is 5.03. The molecule has 0 saturated carbocycles. The predicted octanol–water partition coefficient (Wildman–Crippen LogP) is 2.29. The zero-order valence-corrected chi connectivity index (χ0v) is 11.7. The minimum absolute atomic E-state index is 0.0986. The first kappa shape index (κ1) is 13.7. The Morgan fingerprint density at radius 3 is 2.53 bits per heavy atom. The summed E-state index contributed by atoms with van der Waals surface area (Å²) in [5.74, 6) is -0.183. The van der Waals surface area contributed by atoms with Crippen molar-refractivity contribution in [3.63, 3.8) is 0 Å². The second kappa shape index (κ2) is 5.53. The molecule has 2 aromatic rings. The molecule has 1 heterocycles. The monoisotopic (exact) mass is 261 g/mol. The normalized spacial score (nSPS) is 12.7. The number of nitrogens with zero attached hydrogens (tertiary/aromatic N) is 2. The average Bonchev–Trinajstić information content (AvgIpc) is 2.59. The first-order chi connectivity index (χ1) is 8.99. The molecule has 0 saturated heterocycles. The maximum absolute atomic E-state index is 13.6. The molecule has 0 amide bonds. The van der Waals surface area contributed by atoms with Gasteiger partial charge < -0.3 is 5.73 Å². The van der Waals surface area contributed by atoms with Gasteiger partial charge in [-0.1, -0.05) is 18.2 Å². The lowest BCUT2D eigenvalue weighted by Gasteiger charge is -2.12. The molecule has 2 N–H and O–H groups in total. The fourth-order valence-corrected chi connectivity index (χ4v) is 2.39. The van der Waals surface area contributed by atoms with Crippen LogP contribution in [0.4, 0.5) is 4.39 Å². The fourth-order valence-electron chi connectivity index (χ4n) is 2.39. The lowest BCUT2D eigenvalue weighted by molar-refractivity contribution is 0.583. The molecule has 0 aliphatic carbocycles. The Labute approximate surface area is 113 Å². The van der Waals surface area contributed by atoms with E-state index in [-0.39, 0.29) is 11.9 Å². The summed E-state index contributed by atoms with van der Waals surface area (Å²) in [6.45, 7) is 4.02. The zero-order chi connectivity index (χ0) is 14.0. The fraction of sp³-hybridized carbons (Fsp3) is 0.400. The molecular formula is C15H20FN3. The highest BCUT2D eigenvalue weighted by atomic mass is 19.1. The number of halogens is 1. The van der Waals surface area contributed by atoms with E-state index in [1.165, 1.54) is 11.6 Å². The molecule has 0 radical (unpaired) electrons. The van der Waals surface area contributed by atoms with Crippen molar-refractivity contribution in [1.82, 2.24) is 9.78 Å². The second-order valence-corrected chi connectivity index (χ2v) is 5.03. The Hall–Kier alpha value is -1.68. The van der Waals surface area contributed by atoms with Crippen LogP contribution < -0.4 is 5.73 Å². The number of aromatic nitrogens is 2. The van der Waals surface area contributed by atoms with Crippen LogP contribution in [0.5, 0.6) is 0 Å². The summed E-state index contributed by atoms with van der Waals surface area (Å²) in [6, 6.07) is 6.70. The van der Waals surface area contributed by atoms with E-state index in [1.807, 2.05) is 31.6 Å². The van der Waals surface area contributed by atoms with Gasteiger partial charge in [-0.05, 0) is 43.9 Å². The van der Waals surface area contributed by atoms with Crippen LogP contribution in [0.15, 0.2) is 24.3 Å². The van der Waals surface area contributed by atoms with Crippen LogP contribution in [0.25, 0.3) is 0 Å². The molecule has 2 rings (SSSR count). The molecule has 0 aliphatic heterocycles. The maximum atomic E-state index is 13.6. The van der Waals surface area contributed by atoms with E-state index in [2.05, 4.69) is 5.10 Å². The van der Waals surface area contributed by atoms with E-state index in [0.29, 0.717) is 12.0 Å². The zero-order valence-electron chi connectivity index (χ0n) is 11.7. The van der Waals surface area contributed by atoms with Gasteiger partial charge in [-0.25, -0.2) is 4.39 Å². The minimum Gasteiger partial charge on any atom is -0.327 e. The van der Waals surface area contributed by atoms with Crippen molar-refractivity contribution >= 4 is 0 Å². The molecule has 0 bridgehead atoms. The van der Waals surface area contributed by atoms with Crippen molar-refractivity contribution in [1.29, 1.82) is 0 Å². The van der Waals surface area contributed by atoms with E-state index >= 15 is 0 Å². The summed E-state index contributed by atoms with van der Waals surface area (Å²) >= 11 is 0. The summed E-state index contributed by atoms with van der Waals surface area (Å²) in [7, 11) is 1.92. The average molecular weight is 261 g/mol. The predicted molar refractivity (Wildman–Crippen MR) is 74.5 cm³/mol. The summed E-state index contributed by atoms with van der Waals surface area (Å²) in [6.07, 6.45) is 1.26. The van der Waals surface area contributed by atoms with Gasteiger partial charge in [-0.3, -0.25) is 4.68 Å². The van der Waals surface area contributed by atoms with Crippen molar-refractivity contribution in [2.45, 2.75) is 32.7 Å². The SMILES string of the molecule is Cc1nn(C)c(C)c1CC(N)Cc1ccccc1F. The highest BCUT2D eigenvalue weighted by Crippen LogP contribution is 2.16. The van der Waals surface area contributed by atoms with Crippen LogP contribution in [-0.2, 0) is 19.9 Å². The molecule has 1 aromatic heterocycles. The number of hydrogen-bond acceptors (Lipinski definition) is 2. The Balaban J connectivity index is 2.10. The summed E-state index contributed by atoms with van der Waals surface area (Å²) < 4.78 is 15.4. The third-order valence-electron chi connectivity index (χ3n) is 3.57. The largest absolute Gasteiger partial charge is 0.327 e. The van der Waals surface area contributed by atoms with E-state index in [0.717, 1.165) is 17.8 Å². The minimum atomic E-state index is -0.183. The van der Waals surface area contributed by atoms with Crippen LogP contribution in [-0.4, -0.2) is 15.8 Å². The van der Waals surface area contributed by atoms with Crippen LogP contribution in [0.2, 0.25) is 0 Å². The van der Waals surface area contributed by atoms with Crippen LogP contribution in [0.1, 0.15) is 22.5 Å². The van der Waals surface area contributed by atoms with Gasteiger partial charge in [-0.2, -0.15) is 5.10 Å². The van der Waals surface area contributed by atoms with Crippen molar-refractivity contribution < 1.29 is 4.39 Å². The van der Waals surface area contributed by atoms with Gasteiger partial charge in [0.1, 0.15) is 5.82 Å². The topological polar surface area (TPSA) is 43.8 Å². The molecule has 1 unspecified atom stereocenters. The number of rotatable bonds is 4. The van der Waals surface area contributed by atoms with Crippen molar-refractivity contribution in [3.05, 3.63) is 52.6 Å². The smallest absolute Gasteiger partial charge is 0.126 e. The third kappa shape index (κ3) is 3.01. The number of nitrogens with two attached hydrogens (primary N) is 1. The highest BCUT2D eigenvalue weighted by Gasteiger charge is 2.14. The Morgan fingerprint density at radius 2 is 1.95 bits per heavy atom. The number of benzene rings is 1. The molecular weight excluding hydrogens is 241 g/mol. The van der Waals surface area contributed by atoms with Crippen molar-refractivity contribution in [3.8, 4) is 0 Å². The third-order valence-corrected chi connectivity index (χ3v) is 3.57. The molecule has 0 fully saturated rings. The lowest BCUT2D eigenvalue weighted by Crippen LogP contribution is -2.26. The molecule has 1 atom stereocenters. The molecule has 3 nitrogen and oxygen atoms in total.